The van der Waals surface area contributed by atoms with Gasteiger partial charge in [0.1, 0.15) is 0 Å². The molecule has 1 fully saturated rings. The summed E-state index contributed by atoms with van der Waals surface area (Å²) in [7, 11) is 0. The van der Waals surface area contributed by atoms with Crippen LogP contribution in [0.1, 0.15) is 29.6 Å². The Balaban J connectivity index is 1.74. The molecule has 2 N–H and O–H groups in total. The molecule has 0 aliphatic heterocycles. The second-order valence-corrected chi connectivity index (χ2v) is 5.87. The second kappa shape index (κ2) is 6.59. The van der Waals surface area contributed by atoms with E-state index in [0.717, 1.165) is 28.4 Å². The predicted molar refractivity (Wildman–Crippen MR) is 79.4 cm³/mol. The topological polar surface area (TPSA) is 41.1 Å². The van der Waals surface area contributed by atoms with E-state index in [1.807, 2.05) is 12.1 Å². The van der Waals surface area contributed by atoms with E-state index in [1.54, 1.807) is 6.07 Å². The molecule has 0 heterocycles. The van der Waals surface area contributed by atoms with Gasteiger partial charge in [0.15, 0.2) is 0 Å². The fourth-order valence-corrected chi connectivity index (χ4v) is 2.30. The Labute approximate surface area is 121 Å². The maximum Gasteiger partial charge on any atom is 0.252 e. The number of hydrogen-bond donors (Lipinski definition) is 3. The van der Waals surface area contributed by atoms with Crippen molar-refractivity contribution in [3.63, 3.8) is 0 Å². The Kier molecular flexibility index (Phi) is 5.09. The van der Waals surface area contributed by atoms with E-state index in [4.69, 9.17) is 0 Å². The molecule has 1 amide bonds. The molecule has 0 radical (unpaired) electrons. The van der Waals surface area contributed by atoms with Gasteiger partial charge < -0.3 is 10.6 Å². The van der Waals surface area contributed by atoms with Gasteiger partial charge in [-0.3, -0.25) is 4.79 Å². The quantitative estimate of drug-likeness (QED) is 0.555. The lowest BCUT2D eigenvalue weighted by Crippen LogP contribution is -2.28. The van der Waals surface area contributed by atoms with Gasteiger partial charge in [-0.2, -0.15) is 0 Å². The molecule has 98 valence electrons. The Morgan fingerprint density at radius 1 is 1.39 bits per heavy atom. The molecule has 1 aliphatic rings. The average Bonchev–Trinajstić information content (AvgIpc) is 3.15. The van der Waals surface area contributed by atoms with Crippen molar-refractivity contribution < 1.29 is 4.79 Å². The van der Waals surface area contributed by atoms with Crippen LogP contribution in [0, 0.1) is 0 Å². The number of hydrogen-bond acceptors (Lipinski definition) is 3. The summed E-state index contributed by atoms with van der Waals surface area (Å²) in [5.41, 5.74) is 0.637. The first-order chi connectivity index (χ1) is 8.66. The fraction of sp³-hybridized carbons (Fsp3) is 0.462. The molecule has 0 bridgehead atoms. The molecule has 5 heteroatoms. The highest BCUT2D eigenvalue weighted by molar-refractivity contribution is 9.10. The van der Waals surface area contributed by atoms with Gasteiger partial charge in [-0.05, 0) is 59.9 Å². The predicted octanol–water partition coefficient (Wildman–Crippen LogP) is 2.61. The lowest BCUT2D eigenvalue weighted by Gasteiger charge is -2.08. The smallest absolute Gasteiger partial charge is 0.252 e. The third kappa shape index (κ3) is 4.30. The highest BCUT2D eigenvalue weighted by Gasteiger charge is 2.19. The van der Waals surface area contributed by atoms with Crippen LogP contribution in [0.5, 0.6) is 0 Å². The van der Waals surface area contributed by atoms with Crippen LogP contribution in [0.4, 0.5) is 0 Å². The SMILES string of the molecule is O=C(NCCCNC1CC1)c1cc(S)ccc1Br. The Bertz CT molecular complexity index is 435. The maximum absolute atomic E-state index is 11.9. The van der Waals surface area contributed by atoms with Crippen LogP contribution in [0.2, 0.25) is 0 Å². The van der Waals surface area contributed by atoms with Crippen LogP contribution in [-0.2, 0) is 0 Å². The van der Waals surface area contributed by atoms with Crippen molar-refractivity contribution >= 4 is 34.5 Å². The standard InChI is InChI=1S/C13H17BrN2OS/c14-12-5-4-10(18)8-11(12)13(17)16-7-1-6-15-9-2-3-9/h4-5,8-9,15,18H,1-3,6-7H2,(H,16,17). The monoisotopic (exact) mass is 328 g/mol. The van der Waals surface area contributed by atoms with E-state index < -0.39 is 0 Å². The minimum Gasteiger partial charge on any atom is -0.352 e. The normalized spacial score (nSPS) is 14.6. The molecular formula is C13H17BrN2OS. The zero-order valence-electron chi connectivity index (χ0n) is 10.1. The van der Waals surface area contributed by atoms with Gasteiger partial charge in [0.25, 0.3) is 5.91 Å². The first-order valence-electron chi connectivity index (χ1n) is 6.17. The molecule has 0 saturated heterocycles. The van der Waals surface area contributed by atoms with Crippen molar-refractivity contribution in [1.82, 2.24) is 10.6 Å². The molecule has 1 aromatic rings. The molecule has 0 spiro atoms. The van der Waals surface area contributed by atoms with E-state index >= 15 is 0 Å². The van der Waals surface area contributed by atoms with Crippen LogP contribution in [0.3, 0.4) is 0 Å². The summed E-state index contributed by atoms with van der Waals surface area (Å²) in [6, 6.07) is 6.19. The number of carbonyl (C=O) groups is 1. The third-order valence-corrected chi connectivity index (χ3v) is 3.81. The second-order valence-electron chi connectivity index (χ2n) is 4.50. The number of rotatable bonds is 6. The van der Waals surface area contributed by atoms with Gasteiger partial charge in [0.05, 0.1) is 5.56 Å². The summed E-state index contributed by atoms with van der Waals surface area (Å²) in [6.07, 6.45) is 3.56. The Morgan fingerprint density at radius 3 is 2.89 bits per heavy atom. The lowest BCUT2D eigenvalue weighted by molar-refractivity contribution is 0.0952. The van der Waals surface area contributed by atoms with Gasteiger partial charge in [-0.1, -0.05) is 0 Å². The van der Waals surface area contributed by atoms with Crippen molar-refractivity contribution in [3.8, 4) is 0 Å². The number of nitrogens with one attached hydrogen (secondary N) is 2. The minimum absolute atomic E-state index is 0.0517. The van der Waals surface area contributed by atoms with E-state index in [0.29, 0.717) is 12.1 Å². The molecule has 1 aliphatic carbocycles. The van der Waals surface area contributed by atoms with Crippen LogP contribution < -0.4 is 10.6 Å². The number of halogens is 1. The number of thiol groups is 1. The van der Waals surface area contributed by atoms with Crippen LogP contribution in [0.15, 0.2) is 27.6 Å². The molecular weight excluding hydrogens is 312 g/mol. The lowest BCUT2D eigenvalue weighted by atomic mass is 10.2. The summed E-state index contributed by atoms with van der Waals surface area (Å²) >= 11 is 7.61. The first kappa shape index (κ1) is 13.9. The summed E-state index contributed by atoms with van der Waals surface area (Å²) in [5.74, 6) is -0.0517. The molecule has 0 unspecified atom stereocenters. The van der Waals surface area contributed by atoms with Gasteiger partial charge in [0.2, 0.25) is 0 Å². The first-order valence-corrected chi connectivity index (χ1v) is 7.41. The summed E-state index contributed by atoms with van der Waals surface area (Å²) in [6.45, 7) is 1.67. The summed E-state index contributed by atoms with van der Waals surface area (Å²) in [5, 5.41) is 6.34. The zero-order valence-corrected chi connectivity index (χ0v) is 12.6. The molecule has 3 nitrogen and oxygen atoms in total. The zero-order chi connectivity index (χ0) is 13.0. The molecule has 1 saturated carbocycles. The van der Waals surface area contributed by atoms with Crippen LogP contribution >= 0.6 is 28.6 Å². The molecule has 2 rings (SSSR count). The number of benzene rings is 1. The molecule has 18 heavy (non-hydrogen) atoms. The summed E-state index contributed by atoms with van der Waals surface area (Å²) < 4.78 is 0.800. The van der Waals surface area contributed by atoms with E-state index in [9.17, 15) is 4.79 Å². The van der Waals surface area contributed by atoms with Crippen molar-refractivity contribution in [2.45, 2.75) is 30.2 Å². The van der Waals surface area contributed by atoms with Gasteiger partial charge in [-0.15, -0.1) is 12.6 Å². The number of amides is 1. The number of carbonyl (C=O) groups excluding carboxylic acids is 1. The van der Waals surface area contributed by atoms with E-state index in [-0.39, 0.29) is 5.91 Å². The van der Waals surface area contributed by atoms with E-state index in [2.05, 4.69) is 39.2 Å². The molecule has 0 atom stereocenters. The van der Waals surface area contributed by atoms with Gasteiger partial charge in [0, 0.05) is 22.0 Å². The summed E-state index contributed by atoms with van der Waals surface area (Å²) in [4.78, 5) is 12.7. The molecule has 1 aromatic carbocycles. The van der Waals surface area contributed by atoms with Crippen LogP contribution in [-0.4, -0.2) is 25.0 Å². The highest BCUT2D eigenvalue weighted by atomic mass is 79.9. The van der Waals surface area contributed by atoms with Crippen LogP contribution in [0.25, 0.3) is 0 Å². The van der Waals surface area contributed by atoms with Gasteiger partial charge in [-0.25, -0.2) is 0 Å². The highest BCUT2D eigenvalue weighted by Crippen LogP contribution is 2.20. The average molecular weight is 329 g/mol. The Hall–Kier alpha value is -0.520. The minimum atomic E-state index is -0.0517. The van der Waals surface area contributed by atoms with Crippen molar-refractivity contribution in [3.05, 3.63) is 28.2 Å². The third-order valence-electron chi connectivity index (χ3n) is 2.84. The largest absolute Gasteiger partial charge is 0.352 e. The fourth-order valence-electron chi connectivity index (χ4n) is 1.67. The Morgan fingerprint density at radius 2 is 2.17 bits per heavy atom. The van der Waals surface area contributed by atoms with Crippen molar-refractivity contribution in [2.75, 3.05) is 13.1 Å². The molecule has 0 aromatic heterocycles. The van der Waals surface area contributed by atoms with Crippen molar-refractivity contribution in [2.24, 2.45) is 0 Å². The maximum atomic E-state index is 11.9. The van der Waals surface area contributed by atoms with E-state index in [1.165, 1.54) is 12.8 Å². The van der Waals surface area contributed by atoms with Crippen molar-refractivity contribution in [1.29, 1.82) is 0 Å². The van der Waals surface area contributed by atoms with Gasteiger partial charge >= 0.3 is 0 Å².